The summed E-state index contributed by atoms with van der Waals surface area (Å²) in [5.41, 5.74) is 11.7. The van der Waals surface area contributed by atoms with Crippen molar-refractivity contribution in [1.29, 1.82) is 0 Å². The Kier molecular flexibility index (Phi) is 1.30. The molecule has 5 heteroatoms. The predicted molar refractivity (Wildman–Crippen MR) is 46.2 cm³/mol. The summed E-state index contributed by atoms with van der Waals surface area (Å²) in [4.78, 5) is 11.7. The summed E-state index contributed by atoms with van der Waals surface area (Å²) < 4.78 is 0. The van der Waals surface area contributed by atoms with Gasteiger partial charge in [-0.1, -0.05) is 0 Å². The monoisotopic (exact) mass is 161 g/mol. The Bertz CT molecular complexity index is 425. The van der Waals surface area contributed by atoms with E-state index in [-0.39, 0.29) is 5.95 Å². The summed E-state index contributed by atoms with van der Waals surface area (Å²) in [5, 5.41) is 0.728. The van der Waals surface area contributed by atoms with Crippen molar-refractivity contribution in [3.05, 3.63) is 18.5 Å². The molecule has 0 atom stereocenters. The molecule has 0 aromatic carbocycles. The number of rotatable bonds is 0. The second kappa shape index (κ2) is 2.30. The minimum Gasteiger partial charge on any atom is -0.383 e. The fourth-order valence-electron chi connectivity index (χ4n) is 0.991. The van der Waals surface area contributed by atoms with E-state index < -0.39 is 0 Å². The van der Waals surface area contributed by atoms with Gasteiger partial charge in [0.25, 0.3) is 0 Å². The highest BCUT2D eigenvalue weighted by molar-refractivity contribution is 5.87. The third-order valence-corrected chi connectivity index (χ3v) is 1.56. The van der Waals surface area contributed by atoms with E-state index in [4.69, 9.17) is 11.5 Å². The van der Waals surface area contributed by atoms with Gasteiger partial charge in [-0.2, -0.15) is 0 Å². The van der Waals surface area contributed by atoms with Crippen molar-refractivity contribution in [2.24, 2.45) is 0 Å². The smallest absolute Gasteiger partial charge is 0.220 e. The number of fused-ring (bicyclic) bond motifs is 1. The maximum Gasteiger partial charge on any atom is 0.220 e. The SMILES string of the molecule is Nc1ncc2c(N)nccc2n1. The Morgan fingerprint density at radius 1 is 1.17 bits per heavy atom. The zero-order chi connectivity index (χ0) is 8.55. The van der Waals surface area contributed by atoms with Crippen LogP contribution in [-0.2, 0) is 0 Å². The zero-order valence-electron chi connectivity index (χ0n) is 6.23. The molecule has 0 aliphatic heterocycles. The first-order chi connectivity index (χ1) is 5.77. The number of hydrogen-bond donors (Lipinski definition) is 2. The number of hydrogen-bond acceptors (Lipinski definition) is 5. The molecule has 2 aromatic rings. The van der Waals surface area contributed by atoms with Crippen LogP contribution in [0.15, 0.2) is 18.5 Å². The van der Waals surface area contributed by atoms with Crippen molar-refractivity contribution in [1.82, 2.24) is 15.0 Å². The van der Waals surface area contributed by atoms with Crippen LogP contribution >= 0.6 is 0 Å². The van der Waals surface area contributed by atoms with E-state index in [9.17, 15) is 0 Å². The first-order valence-corrected chi connectivity index (χ1v) is 3.40. The standard InChI is InChI=1S/C7H7N5/c8-6-4-3-11-7(9)12-5(4)1-2-10-6/h1-3H,(H2,8,10)(H2,9,11,12). The summed E-state index contributed by atoms with van der Waals surface area (Å²) in [7, 11) is 0. The minimum atomic E-state index is 0.244. The van der Waals surface area contributed by atoms with Crippen molar-refractivity contribution < 1.29 is 0 Å². The summed E-state index contributed by atoms with van der Waals surface area (Å²) in [5.74, 6) is 0.667. The summed E-state index contributed by atoms with van der Waals surface area (Å²) in [6, 6.07) is 1.74. The van der Waals surface area contributed by atoms with Gasteiger partial charge in [-0.3, -0.25) is 0 Å². The van der Waals surface area contributed by atoms with Crippen LogP contribution in [0.25, 0.3) is 10.9 Å². The lowest BCUT2D eigenvalue weighted by Crippen LogP contribution is -1.97. The van der Waals surface area contributed by atoms with Crippen LogP contribution in [0.1, 0.15) is 0 Å². The highest BCUT2D eigenvalue weighted by Gasteiger charge is 1.99. The van der Waals surface area contributed by atoms with Crippen LogP contribution in [0.3, 0.4) is 0 Å². The molecule has 0 aliphatic carbocycles. The number of nitrogens with zero attached hydrogens (tertiary/aromatic N) is 3. The van der Waals surface area contributed by atoms with Crippen LogP contribution in [0.2, 0.25) is 0 Å². The van der Waals surface area contributed by atoms with Crippen molar-refractivity contribution in [3.63, 3.8) is 0 Å². The maximum atomic E-state index is 5.57. The topological polar surface area (TPSA) is 90.7 Å². The number of nitrogen functional groups attached to an aromatic ring is 2. The molecule has 0 saturated heterocycles. The number of anilines is 2. The van der Waals surface area contributed by atoms with Crippen LogP contribution in [-0.4, -0.2) is 15.0 Å². The molecule has 0 radical (unpaired) electrons. The third kappa shape index (κ3) is 0.914. The minimum absolute atomic E-state index is 0.244. The van der Waals surface area contributed by atoms with E-state index in [1.165, 1.54) is 0 Å². The molecule has 0 bridgehead atoms. The molecule has 2 rings (SSSR count). The normalized spacial score (nSPS) is 10.3. The Hall–Kier alpha value is -1.91. The maximum absolute atomic E-state index is 5.57. The lowest BCUT2D eigenvalue weighted by atomic mass is 10.3. The molecule has 12 heavy (non-hydrogen) atoms. The van der Waals surface area contributed by atoms with E-state index in [2.05, 4.69) is 15.0 Å². The van der Waals surface area contributed by atoms with Crippen LogP contribution < -0.4 is 11.5 Å². The molecule has 2 heterocycles. The summed E-state index contributed by atoms with van der Waals surface area (Å²) >= 11 is 0. The Balaban J connectivity index is 2.86. The van der Waals surface area contributed by atoms with Crippen LogP contribution in [0.4, 0.5) is 11.8 Å². The molecule has 0 amide bonds. The average Bonchev–Trinajstić information content (AvgIpc) is 2.04. The Morgan fingerprint density at radius 3 is 2.83 bits per heavy atom. The zero-order valence-corrected chi connectivity index (χ0v) is 6.23. The van der Waals surface area contributed by atoms with Gasteiger partial charge in [0.05, 0.1) is 10.9 Å². The fraction of sp³-hybridized carbons (Fsp3) is 0. The Labute approximate surface area is 68.5 Å². The van der Waals surface area contributed by atoms with Crippen molar-refractivity contribution in [3.8, 4) is 0 Å². The first kappa shape index (κ1) is 6.78. The largest absolute Gasteiger partial charge is 0.383 e. The Morgan fingerprint density at radius 2 is 2.00 bits per heavy atom. The average molecular weight is 161 g/mol. The molecular weight excluding hydrogens is 154 g/mol. The summed E-state index contributed by atoms with van der Waals surface area (Å²) in [6.07, 6.45) is 3.16. The summed E-state index contributed by atoms with van der Waals surface area (Å²) in [6.45, 7) is 0. The number of pyridine rings is 1. The van der Waals surface area contributed by atoms with E-state index in [1.54, 1.807) is 18.5 Å². The van der Waals surface area contributed by atoms with Gasteiger partial charge >= 0.3 is 0 Å². The predicted octanol–water partition coefficient (Wildman–Crippen LogP) is 0.189. The lowest BCUT2D eigenvalue weighted by Gasteiger charge is -1.98. The van der Waals surface area contributed by atoms with Gasteiger partial charge in [-0.15, -0.1) is 0 Å². The van der Waals surface area contributed by atoms with Gasteiger partial charge in [0.15, 0.2) is 0 Å². The van der Waals surface area contributed by atoms with Crippen molar-refractivity contribution in [2.45, 2.75) is 0 Å². The molecule has 0 saturated carbocycles. The highest BCUT2D eigenvalue weighted by atomic mass is 15.0. The van der Waals surface area contributed by atoms with E-state index >= 15 is 0 Å². The second-order valence-electron chi connectivity index (χ2n) is 2.36. The van der Waals surface area contributed by atoms with Gasteiger partial charge < -0.3 is 11.5 Å². The lowest BCUT2D eigenvalue weighted by molar-refractivity contribution is 1.22. The number of nitrogens with two attached hydrogens (primary N) is 2. The third-order valence-electron chi connectivity index (χ3n) is 1.56. The fourth-order valence-corrected chi connectivity index (χ4v) is 0.991. The van der Waals surface area contributed by atoms with Crippen molar-refractivity contribution >= 4 is 22.7 Å². The van der Waals surface area contributed by atoms with E-state index in [0.29, 0.717) is 5.82 Å². The highest BCUT2D eigenvalue weighted by Crippen LogP contribution is 2.15. The van der Waals surface area contributed by atoms with Gasteiger partial charge in [-0.25, -0.2) is 15.0 Å². The molecule has 0 spiro atoms. The molecule has 0 aliphatic rings. The molecule has 5 nitrogen and oxygen atoms in total. The van der Waals surface area contributed by atoms with Crippen molar-refractivity contribution in [2.75, 3.05) is 11.5 Å². The van der Waals surface area contributed by atoms with Crippen LogP contribution in [0.5, 0.6) is 0 Å². The molecule has 2 aromatic heterocycles. The van der Waals surface area contributed by atoms with Gasteiger partial charge in [0.2, 0.25) is 5.95 Å². The van der Waals surface area contributed by atoms with E-state index in [0.717, 1.165) is 10.9 Å². The quantitative estimate of drug-likeness (QED) is 0.575. The van der Waals surface area contributed by atoms with Gasteiger partial charge in [0.1, 0.15) is 5.82 Å². The van der Waals surface area contributed by atoms with Gasteiger partial charge in [-0.05, 0) is 6.07 Å². The molecular formula is C7H7N5. The molecule has 0 unspecified atom stereocenters. The van der Waals surface area contributed by atoms with Crippen LogP contribution in [0, 0.1) is 0 Å². The van der Waals surface area contributed by atoms with E-state index in [1.807, 2.05) is 0 Å². The molecule has 4 N–H and O–H groups in total. The first-order valence-electron chi connectivity index (χ1n) is 3.40. The number of aromatic nitrogens is 3. The molecule has 0 fully saturated rings. The second-order valence-corrected chi connectivity index (χ2v) is 2.36. The van der Waals surface area contributed by atoms with Gasteiger partial charge in [0, 0.05) is 12.4 Å². The molecule has 60 valence electrons.